The molecule has 0 aliphatic heterocycles. The first kappa shape index (κ1) is 16.6. The van der Waals surface area contributed by atoms with Gasteiger partial charge in [0, 0.05) is 12.1 Å². The third kappa shape index (κ3) is 4.62. The predicted molar refractivity (Wildman–Crippen MR) is 97.7 cm³/mol. The second-order valence-corrected chi connectivity index (χ2v) is 6.20. The SMILES string of the molecule is N#Cc1ccc(C(=O)Nc2nnc(NCCc3ccccc3)s2)cc1. The Hall–Kier alpha value is -3.24. The molecular formula is C18H15N5OS. The van der Waals surface area contributed by atoms with Gasteiger partial charge < -0.3 is 5.32 Å². The minimum absolute atomic E-state index is 0.281. The lowest BCUT2D eigenvalue weighted by Crippen LogP contribution is -2.11. The highest BCUT2D eigenvalue weighted by molar-refractivity contribution is 7.19. The quantitative estimate of drug-likeness (QED) is 0.712. The van der Waals surface area contributed by atoms with Gasteiger partial charge in [-0.2, -0.15) is 5.26 Å². The first-order valence-corrected chi connectivity index (χ1v) is 8.49. The molecule has 0 saturated carbocycles. The second-order valence-electron chi connectivity index (χ2n) is 5.22. The minimum atomic E-state index is -0.281. The molecular weight excluding hydrogens is 334 g/mol. The average molecular weight is 349 g/mol. The Morgan fingerprint density at radius 2 is 1.76 bits per heavy atom. The Kier molecular flexibility index (Phi) is 5.34. The van der Waals surface area contributed by atoms with Crippen molar-refractivity contribution < 1.29 is 4.79 Å². The van der Waals surface area contributed by atoms with Gasteiger partial charge >= 0.3 is 0 Å². The molecule has 0 radical (unpaired) electrons. The third-order valence-electron chi connectivity index (χ3n) is 3.45. The van der Waals surface area contributed by atoms with Crippen LogP contribution in [0.4, 0.5) is 10.3 Å². The van der Waals surface area contributed by atoms with Crippen molar-refractivity contribution in [2.45, 2.75) is 6.42 Å². The number of nitriles is 1. The number of hydrogen-bond acceptors (Lipinski definition) is 6. The summed E-state index contributed by atoms with van der Waals surface area (Å²) in [6.07, 6.45) is 0.882. The van der Waals surface area contributed by atoms with Gasteiger partial charge in [-0.1, -0.05) is 41.7 Å². The van der Waals surface area contributed by atoms with Gasteiger partial charge in [0.15, 0.2) is 0 Å². The molecule has 0 spiro atoms. The van der Waals surface area contributed by atoms with Gasteiger partial charge in [-0.25, -0.2) is 0 Å². The zero-order valence-electron chi connectivity index (χ0n) is 13.3. The highest BCUT2D eigenvalue weighted by Gasteiger charge is 2.10. The number of anilines is 2. The highest BCUT2D eigenvalue weighted by atomic mass is 32.1. The van der Waals surface area contributed by atoms with E-state index in [2.05, 4.69) is 33.0 Å². The number of aromatic nitrogens is 2. The zero-order valence-corrected chi connectivity index (χ0v) is 14.1. The molecule has 2 aromatic carbocycles. The van der Waals surface area contributed by atoms with Crippen LogP contribution in [0, 0.1) is 11.3 Å². The summed E-state index contributed by atoms with van der Waals surface area (Å²) in [5.74, 6) is -0.281. The largest absolute Gasteiger partial charge is 0.360 e. The van der Waals surface area contributed by atoms with Crippen LogP contribution in [0.25, 0.3) is 0 Å². The molecule has 2 N–H and O–H groups in total. The fourth-order valence-corrected chi connectivity index (χ4v) is 2.83. The van der Waals surface area contributed by atoms with Crippen LogP contribution >= 0.6 is 11.3 Å². The van der Waals surface area contributed by atoms with Crippen molar-refractivity contribution in [3.05, 3.63) is 71.3 Å². The van der Waals surface area contributed by atoms with E-state index in [0.717, 1.165) is 13.0 Å². The van der Waals surface area contributed by atoms with Crippen molar-refractivity contribution in [2.24, 2.45) is 0 Å². The maximum absolute atomic E-state index is 12.1. The van der Waals surface area contributed by atoms with E-state index < -0.39 is 0 Å². The summed E-state index contributed by atoms with van der Waals surface area (Å²) >= 11 is 1.28. The molecule has 0 saturated heterocycles. The number of carbonyl (C=O) groups is 1. The third-order valence-corrected chi connectivity index (χ3v) is 4.25. The molecule has 1 amide bonds. The van der Waals surface area contributed by atoms with E-state index in [4.69, 9.17) is 5.26 Å². The van der Waals surface area contributed by atoms with Crippen molar-refractivity contribution in [1.29, 1.82) is 5.26 Å². The lowest BCUT2D eigenvalue weighted by Gasteiger charge is -2.02. The number of hydrogen-bond donors (Lipinski definition) is 2. The smallest absolute Gasteiger partial charge is 0.257 e. The minimum Gasteiger partial charge on any atom is -0.360 e. The van der Waals surface area contributed by atoms with Crippen molar-refractivity contribution in [3.63, 3.8) is 0 Å². The van der Waals surface area contributed by atoms with E-state index in [1.165, 1.54) is 16.9 Å². The number of nitrogens with zero attached hydrogens (tertiary/aromatic N) is 3. The van der Waals surface area contributed by atoms with E-state index in [9.17, 15) is 4.79 Å². The van der Waals surface area contributed by atoms with Crippen LogP contribution in [0.5, 0.6) is 0 Å². The molecule has 0 unspecified atom stereocenters. The summed E-state index contributed by atoms with van der Waals surface area (Å²) < 4.78 is 0. The van der Waals surface area contributed by atoms with Gasteiger partial charge in [0.25, 0.3) is 5.91 Å². The Bertz CT molecular complexity index is 884. The van der Waals surface area contributed by atoms with Crippen LogP contribution in [0.15, 0.2) is 54.6 Å². The van der Waals surface area contributed by atoms with Crippen molar-refractivity contribution >= 4 is 27.5 Å². The van der Waals surface area contributed by atoms with Gasteiger partial charge in [-0.15, -0.1) is 10.2 Å². The topological polar surface area (TPSA) is 90.7 Å². The number of benzene rings is 2. The Morgan fingerprint density at radius 1 is 1.04 bits per heavy atom. The molecule has 1 heterocycles. The first-order valence-electron chi connectivity index (χ1n) is 7.67. The molecule has 0 aliphatic carbocycles. The fourth-order valence-electron chi connectivity index (χ4n) is 2.17. The lowest BCUT2D eigenvalue weighted by atomic mass is 10.1. The van der Waals surface area contributed by atoms with E-state index in [1.54, 1.807) is 24.3 Å². The maximum atomic E-state index is 12.1. The van der Waals surface area contributed by atoms with Crippen LogP contribution in [-0.2, 0) is 6.42 Å². The summed E-state index contributed by atoms with van der Waals surface area (Å²) in [7, 11) is 0. The Morgan fingerprint density at radius 3 is 2.48 bits per heavy atom. The van der Waals surface area contributed by atoms with E-state index in [1.807, 2.05) is 24.3 Å². The van der Waals surface area contributed by atoms with E-state index >= 15 is 0 Å². The van der Waals surface area contributed by atoms with Gasteiger partial charge in [0.2, 0.25) is 10.3 Å². The number of rotatable bonds is 6. The summed E-state index contributed by atoms with van der Waals surface area (Å²) in [5, 5.41) is 23.8. The van der Waals surface area contributed by atoms with Gasteiger partial charge in [-0.3, -0.25) is 10.1 Å². The van der Waals surface area contributed by atoms with E-state index in [-0.39, 0.29) is 5.91 Å². The van der Waals surface area contributed by atoms with Gasteiger partial charge in [-0.05, 0) is 36.2 Å². The van der Waals surface area contributed by atoms with E-state index in [0.29, 0.717) is 21.4 Å². The molecule has 7 heteroatoms. The molecule has 0 atom stereocenters. The second kappa shape index (κ2) is 8.04. The van der Waals surface area contributed by atoms with Crippen LogP contribution < -0.4 is 10.6 Å². The Labute approximate surface area is 149 Å². The molecule has 0 aliphatic rings. The van der Waals surface area contributed by atoms with Crippen molar-refractivity contribution in [3.8, 4) is 6.07 Å². The standard InChI is InChI=1S/C18H15N5OS/c19-12-14-6-8-15(9-7-14)16(24)21-18-23-22-17(25-18)20-11-10-13-4-2-1-3-5-13/h1-9H,10-11H2,(H,20,22)(H,21,23,24). The van der Waals surface area contributed by atoms with Crippen LogP contribution in [0.3, 0.4) is 0 Å². The monoisotopic (exact) mass is 349 g/mol. The van der Waals surface area contributed by atoms with Crippen LogP contribution in [0.2, 0.25) is 0 Å². The van der Waals surface area contributed by atoms with Gasteiger partial charge in [0.05, 0.1) is 11.6 Å². The number of nitrogens with one attached hydrogen (secondary N) is 2. The molecule has 0 bridgehead atoms. The zero-order chi connectivity index (χ0) is 17.5. The normalized spacial score (nSPS) is 10.0. The highest BCUT2D eigenvalue weighted by Crippen LogP contribution is 2.20. The first-order chi connectivity index (χ1) is 12.2. The number of amides is 1. The summed E-state index contributed by atoms with van der Waals surface area (Å²) in [6, 6.07) is 18.6. The van der Waals surface area contributed by atoms with Crippen LogP contribution in [0.1, 0.15) is 21.5 Å². The predicted octanol–water partition coefficient (Wildman–Crippen LogP) is 3.32. The molecule has 25 heavy (non-hydrogen) atoms. The molecule has 6 nitrogen and oxygen atoms in total. The number of carbonyl (C=O) groups excluding carboxylic acids is 1. The maximum Gasteiger partial charge on any atom is 0.257 e. The van der Waals surface area contributed by atoms with Crippen LogP contribution in [-0.4, -0.2) is 22.6 Å². The molecule has 3 rings (SSSR count). The summed E-state index contributed by atoms with van der Waals surface area (Å²) in [5.41, 5.74) is 2.22. The average Bonchev–Trinajstić information content (AvgIpc) is 3.10. The molecule has 1 aromatic heterocycles. The Balaban J connectivity index is 1.52. The van der Waals surface area contributed by atoms with Crippen molar-refractivity contribution in [2.75, 3.05) is 17.2 Å². The lowest BCUT2D eigenvalue weighted by molar-refractivity contribution is 0.102. The fraction of sp³-hybridized carbons (Fsp3) is 0.111. The summed E-state index contributed by atoms with van der Waals surface area (Å²) in [4.78, 5) is 12.1. The van der Waals surface area contributed by atoms with Crippen molar-refractivity contribution in [1.82, 2.24) is 10.2 Å². The molecule has 124 valence electrons. The molecule has 3 aromatic rings. The van der Waals surface area contributed by atoms with Gasteiger partial charge in [0.1, 0.15) is 0 Å². The molecule has 0 fully saturated rings. The summed E-state index contributed by atoms with van der Waals surface area (Å²) in [6.45, 7) is 0.738.